The topological polar surface area (TPSA) is 61.8 Å². The van der Waals surface area contributed by atoms with E-state index in [4.69, 9.17) is 4.74 Å². The summed E-state index contributed by atoms with van der Waals surface area (Å²) in [5.74, 6) is 0. The van der Waals surface area contributed by atoms with Crippen LogP contribution in [0.2, 0.25) is 0 Å². The maximum Gasteiger partial charge on any atom is 0.409 e. The Bertz CT molecular complexity index is 315. The Morgan fingerprint density at radius 1 is 1.60 bits per heavy atom. The van der Waals surface area contributed by atoms with Crippen LogP contribution in [0, 0.1) is 0 Å². The summed E-state index contributed by atoms with van der Waals surface area (Å²) in [5, 5.41) is 13.3. The summed E-state index contributed by atoms with van der Waals surface area (Å²) in [6.07, 6.45) is 0.0262. The first kappa shape index (κ1) is 17.2. The third-order valence-electron chi connectivity index (χ3n) is 3.58. The lowest BCUT2D eigenvalue weighted by atomic mass is 9.89. The lowest BCUT2D eigenvalue weighted by Gasteiger charge is -2.40. The molecule has 0 aromatic rings. The molecular weight excluding hydrogens is 263 g/mol. The van der Waals surface area contributed by atoms with E-state index in [9.17, 15) is 14.3 Å². The number of hydrogen-bond acceptors (Lipinski definition) is 4. The van der Waals surface area contributed by atoms with E-state index in [1.54, 1.807) is 0 Å². The second kappa shape index (κ2) is 7.78. The van der Waals surface area contributed by atoms with Crippen LogP contribution in [-0.4, -0.2) is 60.2 Å². The normalized spacial score (nSPS) is 26.9. The fraction of sp³-hybridized carbons (Fsp3) is 0.929. The van der Waals surface area contributed by atoms with Gasteiger partial charge in [0.15, 0.2) is 0 Å². The number of rotatable bonds is 6. The van der Waals surface area contributed by atoms with E-state index in [0.29, 0.717) is 13.2 Å². The van der Waals surface area contributed by atoms with Gasteiger partial charge in [0.2, 0.25) is 0 Å². The van der Waals surface area contributed by atoms with Gasteiger partial charge in [-0.25, -0.2) is 9.18 Å². The number of amides is 1. The first-order valence-corrected chi connectivity index (χ1v) is 7.40. The van der Waals surface area contributed by atoms with Crippen LogP contribution in [-0.2, 0) is 4.74 Å². The maximum absolute atomic E-state index is 14.1. The van der Waals surface area contributed by atoms with Crippen LogP contribution in [0.4, 0.5) is 9.18 Å². The lowest BCUT2D eigenvalue weighted by molar-refractivity contribution is -0.0798. The molecule has 6 heteroatoms. The molecule has 0 radical (unpaired) electrons. The van der Waals surface area contributed by atoms with Gasteiger partial charge in [-0.05, 0) is 12.8 Å². The van der Waals surface area contributed by atoms with Crippen molar-refractivity contribution in [3.63, 3.8) is 0 Å². The van der Waals surface area contributed by atoms with Crippen LogP contribution in [0.5, 0.6) is 0 Å². The van der Waals surface area contributed by atoms with Crippen molar-refractivity contribution in [2.75, 3.05) is 26.2 Å². The highest BCUT2D eigenvalue weighted by atomic mass is 19.1. The molecule has 1 rings (SSSR count). The Labute approximate surface area is 120 Å². The van der Waals surface area contributed by atoms with Crippen LogP contribution >= 0.6 is 0 Å². The molecule has 0 aliphatic carbocycles. The maximum atomic E-state index is 14.1. The van der Waals surface area contributed by atoms with Gasteiger partial charge in [-0.3, -0.25) is 0 Å². The van der Waals surface area contributed by atoms with Crippen LogP contribution < -0.4 is 5.32 Å². The molecule has 2 unspecified atom stereocenters. The lowest BCUT2D eigenvalue weighted by Crippen LogP contribution is -2.59. The predicted octanol–water partition coefficient (Wildman–Crippen LogP) is 1.70. The first-order chi connectivity index (χ1) is 9.39. The number of ether oxygens (including phenoxy) is 1. The average molecular weight is 290 g/mol. The largest absolute Gasteiger partial charge is 0.449 e. The fourth-order valence-electron chi connectivity index (χ4n) is 2.08. The zero-order valence-corrected chi connectivity index (χ0v) is 12.7. The number of alkyl halides is 1. The van der Waals surface area contributed by atoms with Crippen LogP contribution in [0.3, 0.4) is 0 Å². The van der Waals surface area contributed by atoms with E-state index in [1.807, 2.05) is 20.8 Å². The summed E-state index contributed by atoms with van der Waals surface area (Å²) in [4.78, 5) is 13.1. The molecule has 1 heterocycles. The summed E-state index contributed by atoms with van der Waals surface area (Å²) in [7, 11) is 0. The van der Waals surface area contributed by atoms with Crippen molar-refractivity contribution >= 4 is 6.09 Å². The summed E-state index contributed by atoms with van der Waals surface area (Å²) >= 11 is 0. The third kappa shape index (κ3) is 4.90. The number of hydrogen-bond donors (Lipinski definition) is 2. The minimum Gasteiger partial charge on any atom is -0.449 e. The van der Waals surface area contributed by atoms with Crippen LogP contribution in [0.1, 0.15) is 40.0 Å². The van der Waals surface area contributed by atoms with Crippen LogP contribution in [0.15, 0.2) is 0 Å². The van der Waals surface area contributed by atoms with Crippen molar-refractivity contribution in [2.24, 2.45) is 0 Å². The number of piperidine rings is 1. The highest BCUT2D eigenvalue weighted by molar-refractivity contribution is 5.67. The van der Waals surface area contributed by atoms with Crippen molar-refractivity contribution < 1.29 is 19.0 Å². The van der Waals surface area contributed by atoms with Crippen molar-refractivity contribution in [3.8, 4) is 0 Å². The molecule has 2 N–H and O–H groups in total. The van der Waals surface area contributed by atoms with E-state index < -0.39 is 17.9 Å². The van der Waals surface area contributed by atoms with Gasteiger partial charge in [-0.1, -0.05) is 27.2 Å². The molecule has 1 aliphatic heterocycles. The molecular formula is C14H27FN2O3. The second-order valence-corrected chi connectivity index (χ2v) is 5.77. The molecule has 5 nitrogen and oxygen atoms in total. The molecule has 0 aromatic heterocycles. The molecule has 1 saturated heterocycles. The highest BCUT2D eigenvalue weighted by Gasteiger charge is 2.43. The van der Waals surface area contributed by atoms with E-state index in [-0.39, 0.29) is 25.6 Å². The van der Waals surface area contributed by atoms with Gasteiger partial charge >= 0.3 is 6.09 Å². The summed E-state index contributed by atoms with van der Waals surface area (Å²) in [5.41, 5.74) is -1.40. The Morgan fingerprint density at radius 3 is 2.85 bits per heavy atom. The zero-order valence-electron chi connectivity index (χ0n) is 12.7. The Kier molecular flexibility index (Phi) is 6.68. The van der Waals surface area contributed by atoms with Gasteiger partial charge in [0, 0.05) is 19.1 Å². The summed E-state index contributed by atoms with van der Waals surface area (Å²) in [6.45, 7) is 6.66. The molecule has 0 saturated carbocycles. The predicted molar refractivity (Wildman–Crippen MR) is 75.4 cm³/mol. The number of halogens is 1. The standard InChI is InChI=1S/C14H27FN2O3/c1-4-5-8-20-13(18)17-7-6-14(19,12(15)9-17)10-16-11(2)3/h11-12,16,19H,4-10H2,1-3H3. The van der Waals surface area contributed by atoms with Gasteiger partial charge in [-0.2, -0.15) is 0 Å². The average Bonchev–Trinajstić information content (AvgIpc) is 2.40. The zero-order chi connectivity index (χ0) is 15.2. The third-order valence-corrected chi connectivity index (χ3v) is 3.58. The number of nitrogens with one attached hydrogen (secondary N) is 1. The molecule has 0 bridgehead atoms. The van der Waals surface area contributed by atoms with Gasteiger partial charge in [0.05, 0.1) is 13.2 Å². The fourth-order valence-corrected chi connectivity index (χ4v) is 2.08. The number of unbranched alkanes of at least 4 members (excludes halogenated alkanes) is 1. The van der Waals surface area contributed by atoms with Gasteiger partial charge in [0.25, 0.3) is 0 Å². The van der Waals surface area contributed by atoms with Crippen molar-refractivity contribution in [3.05, 3.63) is 0 Å². The summed E-state index contributed by atoms with van der Waals surface area (Å²) < 4.78 is 19.2. The van der Waals surface area contributed by atoms with E-state index in [0.717, 1.165) is 12.8 Å². The number of aliphatic hydroxyl groups is 1. The van der Waals surface area contributed by atoms with E-state index in [2.05, 4.69) is 5.32 Å². The molecule has 20 heavy (non-hydrogen) atoms. The molecule has 1 aliphatic rings. The van der Waals surface area contributed by atoms with E-state index in [1.165, 1.54) is 4.90 Å². The minimum absolute atomic E-state index is 0.110. The SMILES string of the molecule is CCCCOC(=O)N1CCC(O)(CNC(C)C)C(F)C1. The van der Waals surface area contributed by atoms with Crippen molar-refractivity contribution in [1.29, 1.82) is 0 Å². The van der Waals surface area contributed by atoms with E-state index >= 15 is 0 Å². The molecule has 0 aromatic carbocycles. The monoisotopic (exact) mass is 290 g/mol. The quantitative estimate of drug-likeness (QED) is 0.731. The second-order valence-electron chi connectivity index (χ2n) is 5.77. The van der Waals surface area contributed by atoms with Gasteiger partial charge in [-0.15, -0.1) is 0 Å². The van der Waals surface area contributed by atoms with Crippen molar-refractivity contribution in [2.45, 2.75) is 57.8 Å². The number of carbonyl (C=O) groups excluding carboxylic acids is 1. The Balaban J connectivity index is 2.43. The number of carbonyl (C=O) groups is 1. The Morgan fingerprint density at radius 2 is 2.30 bits per heavy atom. The Hall–Kier alpha value is -0.880. The molecule has 1 fully saturated rings. The summed E-state index contributed by atoms with van der Waals surface area (Å²) in [6, 6.07) is 0.184. The minimum atomic E-state index is -1.46. The molecule has 1 amide bonds. The number of likely N-dealkylation sites (tertiary alicyclic amines) is 1. The number of nitrogens with zero attached hydrogens (tertiary/aromatic N) is 1. The van der Waals surface area contributed by atoms with Gasteiger partial charge < -0.3 is 20.1 Å². The van der Waals surface area contributed by atoms with Crippen LogP contribution in [0.25, 0.3) is 0 Å². The van der Waals surface area contributed by atoms with Gasteiger partial charge in [0.1, 0.15) is 11.8 Å². The smallest absolute Gasteiger partial charge is 0.409 e. The highest BCUT2D eigenvalue weighted by Crippen LogP contribution is 2.25. The first-order valence-electron chi connectivity index (χ1n) is 7.40. The van der Waals surface area contributed by atoms with Crippen molar-refractivity contribution in [1.82, 2.24) is 10.2 Å². The molecule has 2 atom stereocenters. The molecule has 118 valence electrons. The molecule has 0 spiro atoms.